The van der Waals surface area contributed by atoms with Crippen LogP contribution in [0, 0.1) is 22.7 Å². The SMILES string of the molecule is [2H]C(Nc1cc(Cl)c2ncc(C#N)c(NCC(C)(C)C)c2c1)(C1=CNNN1)c1ccc(F)nc1. The molecule has 33 heavy (non-hydrogen) atoms. The Morgan fingerprint density at radius 3 is 2.73 bits per heavy atom. The van der Waals surface area contributed by atoms with Crippen LogP contribution < -0.4 is 27.0 Å². The van der Waals surface area contributed by atoms with Crippen molar-refractivity contribution in [1.82, 2.24) is 26.4 Å². The fourth-order valence-corrected chi connectivity index (χ4v) is 3.57. The van der Waals surface area contributed by atoms with E-state index in [0.29, 0.717) is 50.7 Å². The lowest BCUT2D eigenvalue weighted by Crippen LogP contribution is -2.34. The number of halogens is 2. The van der Waals surface area contributed by atoms with E-state index in [4.69, 9.17) is 11.6 Å². The molecule has 3 heterocycles. The standard InChI is InChI=1S/C23H24ClFN8/c1-23(2,3)12-29-20-14(8-26)10-28-22-16(20)6-15(7-17(22)24)31-21(18-11-30-33-32-18)13-4-5-19(25)27-9-13/h4-7,9-11,21,30-33H,12H2,1-3H3,(H,28,29)/i21D. The third-order valence-corrected chi connectivity index (χ3v) is 5.17. The van der Waals surface area contributed by atoms with Gasteiger partial charge in [0, 0.05) is 36.2 Å². The van der Waals surface area contributed by atoms with Crippen molar-refractivity contribution in [2.24, 2.45) is 5.41 Å². The minimum Gasteiger partial charge on any atom is -0.383 e. The number of rotatable bonds is 6. The number of aromatic nitrogens is 2. The molecule has 3 aromatic rings. The number of fused-ring (bicyclic) bond motifs is 1. The van der Waals surface area contributed by atoms with E-state index in [1.165, 1.54) is 24.5 Å². The van der Waals surface area contributed by atoms with E-state index in [0.717, 1.165) is 0 Å². The molecule has 0 radical (unpaired) electrons. The maximum atomic E-state index is 13.5. The summed E-state index contributed by atoms with van der Waals surface area (Å²) in [5, 5.41) is 17.2. The molecule has 10 heteroatoms. The summed E-state index contributed by atoms with van der Waals surface area (Å²) in [6.45, 7) is 6.88. The summed E-state index contributed by atoms with van der Waals surface area (Å²) in [4.78, 5) is 8.08. The van der Waals surface area contributed by atoms with Crippen LogP contribution in [-0.4, -0.2) is 16.5 Å². The number of hydrazine groups is 2. The Balaban J connectivity index is 1.83. The molecule has 1 unspecified atom stereocenters. The van der Waals surface area contributed by atoms with E-state index in [9.17, 15) is 11.0 Å². The number of hydrogen-bond donors (Lipinski definition) is 5. The number of pyridine rings is 2. The molecule has 0 saturated heterocycles. The van der Waals surface area contributed by atoms with Crippen LogP contribution in [-0.2, 0) is 0 Å². The molecule has 8 nitrogen and oxygen atoms in total. The molecule has 1 aromatic carbocycles. The first-order valence-corrected chi connectivity index (χ1v) is 10.6. The first-order chi connectivity index (χ1) is 16.1. The first kappa shape index (κ1) is 21.2. The zero-order chi connectivity index (χ0) is 24.5. The van der Waals surface area contributed by atoms with E-state index in [1.807, 2.05) is 0 Å². The Morgan fingerprint density at radius 2 is 2.09 bits per heavy atom. The van der Waals surface area contributed by atoms with E-state index >= 15 is 0 Å². The minimum absolute atomic E-state index is 0.0332. The van der Waals surface area contributed by atoms with Gasteiger partial charge in [0.2, 0.25) is 5.95 Å². The predicted octanol–water partition coefficient (Wildman–Crippen LogP) is 4.36. The normalized spacial score (nSPS) is 15.5. The third-order valence-electron chi connectivity index (χ3n) is 4.88. The molecule has 0 saturated carbocycles. The summed E-state index contributed by atoms with van der Waals surface area (Å²) < 4.78 is 22.7. The molecule has 1 atom stereocenters. The van der Waals surface area contributed by atoms with Crippen molar-refractivity contribution in [2.75, 3.05) is 17.2 Å². The average Bonchev–Trinajstić information content (AvgIpc) is 3.33. The van der Waals surface area contributed by atoms with Gasteiger partial charge >= 0.3 is 0 Å². The van der Waals surface area contributed by atoms with Crippen molar-refractivity contribution in [1.29, 1.82) is 5.26 Å². The molecular formula is C23H24ClFN8. The zero-order valence-corrected chi connectivity index (χ0v) is 19.1. The second-order valence-corrected chi connectivity index (χ2v) is 9.16. The monoisotopic (exact) mass is 467 g/mol. The Morgan fingerprint density at radius 1 is 1.27 bits per heavy atom. The Labute approximate surface area is 197 Å². The topological polar surface area (TPSA) is 110 Å². The molecule has 0 fully saturated rings. The lowest BCUT2D eigenvalue weighted by Gasteiger charge is -2.23. The fourth-order valence-electron chi connectivity index (χ4n) is 3.31. The summed E-state index contributed by atoms with van der Waals surface area (Å²) >= 11 is 6.58. The van der Waals surface area contributed by atoms with Crippen LogP contribution in [0.15, 0.2) is 48.6 Å². The largest absolute Gasteiger partial charge is 0.383 e. The molecular weight excluding hydrogens is 443 g/mol. The lowest BCUT2D eigenvalue weighted by molar-refractivity contribution is 0.443. The molecule has 4 rings (SSSR count). The summed E-state index contributed by atoms with van der Waals surface area (Å²) in [7, 11) is 0. The van der Waals surface area contributed by atoms with Crippen LogP contribution in [0.1, 0.15) is 39.3 Å². The molecule has 1 aliphatic heterocycles. The van der Waals surface area contributed by atoms with Crippen molar-refractivity contribution in [3.8, 4) is 6.07 Å². The third kappa shape index (κ3) is 5.08. The summed E-state index contributed by atoms with van der Waals surface area (Å²) in [5.74, 6) is -0.644. The number of benzene rings is 1. The van der Waals surface area contributed by atoms with Gasteiger partial charge in [0.1, 0.15) is 6.07 Å². The van der Waals surface area contributed by atoms with Gasteiger partial charge in [-0.3, -0.25) is 4.98 Å². The molecule has 2 aromatic heterocycles. The van der Waals surface area contributed by atoms with Crippen LogP contribution in [0.25, 0.3) is 10.9 Å². The maximum Gasteiger partial charge on any atom is 0.212 e. The smallest absolute Gasteiger partial charge is 0.212 e. The van der Waals surface area contributed by atoms with Crippen molar-refractivity contribution < 1.29 is 5.76 Å². The van der Waals surface area contributed by atoms with Gasteiger partial charge in [-0.2, -0.15) is 15.2 Å². The van der Waals surface area contributed by atoms with E-state index in [2.05, 4.69) is 63.8 Å². The van der Waals surface area contributed by atoms with Crippen molar-refractivity contribution in [2.45, 2.75) is 26.8 Å². The van der Waals surface area contributed by atoms with Crippen LogP contribution >= 0.6 is 11.6 Å². The van der Waals surface area contributed by atoms with Gasteiger partial charge < -0.3 is 21.5 Å². The van der Waals surface area contributed by atoms with Crippen LogP contribution in [0.5, 0.6) is 0 Å². The summed E-state index contributed by atoms with van der Waals surface area (Å²) in [5.41, 5.74) is 11.2. The Hall–Kier alpha value is -3.61. The van der Waals surface area contributed by atoms with Crippen molar-refractivity contribution in [3.63, 3.8) is 0 Å². The van der Waals surface area contributed by atoms with Gasteiger partial charge in [0.25, 0.3) is 0 Å². The Kier molecular flexibility index (Phi) is 5.86. The van der Waals surface area contributed by atoms with Gasteiger partial charge in [-0.1, -0.05) is 38.4 Å². The fraction of sp³-hybridized carbons (Fsp3) is 0.261. The van der Waals surface area contributed by atoms with Gasteiger partial charge in [-0.05, 0) is 29.2 Å². The molecule has 1 aliphatic rings. The highest BCUT2D eigenvalue weighted by molar-refractivity contribution is 6.35. The van der Waals surface area contributed by atoms with Gasteiger partial charge in [0.05, 0.1) is 34.9 Å². The first-order valence-electron chi connectivity index (χ1n) is 10.7. The van der Waals surface area contributed by atoms with Gasteiger partial charge in [0.15, 0.2) is 0 Å². The van der Waals surface area contributed by atoms with Crippen molar-refractivity contribution >= 4 is 33.9 Å². The lowest BCUT2D eigenvalue weighted by atomic mass is 9.96. The number of nitrogens with one attached hydrogen (secondary N) is 5. The van der Waals surface area contributed by atoms with E-state index in [1.54, 1.807) is 18.3 Å². The minimum atomic E-state index is -1.58. The number of anilines is 2. The quantitative estimate of drug-likeness (QED) is 0.340. The van der Waals surface area contributed by atoms with Crippen LogP contribution in [0.2, 0.25) is 5.02 Å². The molecule has 0 bridgehead atoms. The second kappa shape index (κ2) is 9.10. The highest BCUT2D eigenvalue weighted by Gasteiger charge is 2.22. The summed E-state index contributed by atoms with van der Waals surface area (Å²) in [6, 6.07) is 6.73. The molecule has 0 amide bonds. The molecule has 170 valence electrons. The molecule has 5 N–H and O–H groups in total. The number of nitriles is 1. The second-order valence-electron chi connectivity index (χ2n) is 8.75. The van der Waals surface area contributed by atoms with Crippen LogP contribution in [0.3, 0.4) is 0 Å². The summed E-state index contributed by atoms with van der Waals surface area (Å²) in [6.07, 6.45) is 4.37. The highest BCUT2D eigenvalue weighted by Crippen LogP contribution is 2.35. The highest BCUT2D eigenvalue weighted by atomic mass is 35.5. The maximum absolute atomic E-state index is 13.5. The number of nitrogens with zero attached hydrogens (tertiary/aromatic N) is 3. The van der Waals surface area contributed by atoms with Gasteiger partial charge in [-0.15, -0.1) is 0 Å². The van der Waals surface area contributed by atoms with Crippen molar-refractivity contribution in [3.05, 3.63) is 70.7 Å². The Bertz CT molecular complexity index is 1300. The zero-order valence-electron chi connectivity index (χ0n) is 19.3. The van der Waals surface area contributed by atoms with E-state index in [-0.39, 0.29) is 5.41 Å². The average molecular weight is 468 g/mol. The van der Waals surface area contributed by atoms with Crippen LogP contribution in [0.4, 0.5) is 15.8 Å². The predicted molar refractivity (Wildman–Crippen MR) is 127 cm³/mol. The number of hydrogen-bond acceptors (Lipinski definition) is 8. The van der Waals surface area contributed by atoms with Gasteiger partial charge in [-0.25, -0.2) is 4.98 Å². The molecule has 0 aliphatic carbocycles. The van der Waals surface area contributed by atoms with E-state index < -0.39 is 12.0 Å². The molecule has 0 spiro atoms.